The van der Waals surface area contributed by atoms with Gasteiger partial charge in [0.05, 0.1) is 0 Å². The van der Waals surface area contributed by atoms with E-state index < -0.39 is 0 Å². The van der Waals surface area contributed by atoms with Gasteiger partial charge >= 0.3 is 0 Å². The van der Waals surface area contributed by atoms with Gasteiger partial charge in [-0.2, -0.15) is 0 Å². The zero-order valence-electron chi connectivity index (χ0n) is 12.2. The van der Waals surface area contributed by atoms with Gasteiger partial charge in [0.1, 0.15) is 0 Å². The minimum absolute atomic E-state index is 0.303. The molecule has 0 radical (unpaired) electrons. The van der Waals surface area contributed by atoms with E-state index in [1.165, 1.54) is 37.1 Å². The Balaban J connectivity index is 2.27. The van der Waals surface area contributed by atoms with E-state index in [2.05, 4.69) is 66.5 Å². The maximum absolute atomic E-state index is 3.95. The number of rotatable bonds is 1. The SMILES string of the molecule is Cc1sc(C)c(C2=C(Br)[C@@H]3CC[C@@]2(C)C3(C)C)c1Br. The van der Waals surface area contributed by atoms with Gasteiger partial charge in [0, 0.05) is 24.3 Å². The monoisotopic (exact) mass is 402 g/mol. The van der Waals surface area contributed by atoms with E-state index in [9.17, 15) is 0 Å². The first-order valence-electron chi connectivity index (χ1n) is 6.88. The quantitative estimate of drug-likeness (QED) is 0.489. The van der Waals surface area contributed by atoms with Crippen molar-refractivity contribution in [2.24, 2.45) is 16.7 Å². The summed E-state index contributed by atoms with van der Waals surface area (Å²) in [4.78, 5) is 2.84. The summed E-state index contributed by atoms with van der Waals surface area (Å²) in [5.74, 6) is 0.694. The number of halogens is 2. The van der Waals surface area contributed by atoms with Crippen molar-refractivity contribution < 1.29 is 0 Å². The first kappa shape index (κ1) is 14.3. The summed E-state index contributed by atoms with van der Waals surface area (Å²) in [7, 11) is 0. The van der Waals surface area contributed by atoms with Gasteiger partial charge in [-0.3, -0.25) is 0 Å². The first-order valence-corrected chi connectivity index (χ1v) is 9.28. The topological polar surface area (TPSA) is 0 Å². The summed E-state index contributed by atoms with van der Waals surface area (Å²) in [5.41, 5.74) is 3.70. The van der Waals surface area contributed by atoms with Crippen molar-refractivity contribution in [2.45, 2.75) is 47.5 Å². The van der Waals surface area contributed by atoms with Crippen molar-refractivity contribution in [3.05, 3.63) is 24.3 Å². The molecule has 0 aliphatic heterocycles. The number of aryl methyl sites for hydroxylation is 2. The fourth-order valence-corrected chi connectivity index (χ4v) is 7.43. The molecule has 0 saturated heterocycles. The summed E-state index contributed by atoms with van der Waals surface area (Å²) >= 11 is 9.69. The lowest BCUT2D eigenvalue weighted by atomic mass is 9.66. The van der Waals surface area contributed by atoms with Crippen LogP contribution in [0.1, 0.15) is 48.9 Å². The standard InChI is InChI=1S/C16H20Br2S/c1-8-11(13(17)9(2)19-8)12-14(18)10-6-7-16(12,5)15(10,3)4/h10H,6-7H2,1-5H3/t10-,16+/m0/s1. The minimum atomic E-state index is 0.303. The van der Waals surface area contributed by atoms with Crippen LogP contribution in [0.4, 0.5) is 0 Å². The lowest BCUT2D eigenvalue weighted by molar-refractivity contribution is 0.189. The zero-order chi connectivity index (χ0) is 14.2. The molecule has 2 aliphatic rings. The molecule has 0 spiro atoms. The van der Waals surface area contributed by atoms with Gasteiger partial charge in [-0.1, -0.05) is 36.7 Å². The van der Waals surface area contributed by atoms with Crippen LogP contribution < -0.4 is 0 Å². The highest BCUT2D eigenvalue weighted by atomic mass is 79.9. The van der Waals surface area contributed by atoms with Gasteiger partial charge in [0.25, 0.3) is 0 Å². The lowest BCUT2D eigenvalue weighted by Gasteiger charge is -2.37. The molecule has 3 heteroatoms. The highest BCUT2D eigenvalue weighted by molar-refractivity contribution is 9.12. The number of thiophene rings is 1. The maximum atomic E-state index is 3.95. The number of allylic oxidation sites excluding steroid dienone is 2. The van der Waals surface area contributed by atoms with Crippen LogP contribution in [-0.4, -0.2) is 0 Å². The molecule has 0 aromatic carbocycles. The third kappa shape index (κ3) is 1.61. The Hall–Kier alpha value is 0.400. The van der Waals surface area contributed by atoms with E-state index in [1.807, 2.05) is 11.3 Å². The van der Waals surface area contributed by atoms with Crippen molar-refractivity contribution in [3.8, 4) is 0 Å². The molecule has 2 atom stereocenters. The predicted octanol–water partition coefficient (Wildman–Crippen LogP) is 6.69. The van der Waals surface area contributed by atoms with Crippen LogP contribution in [0, 0.1) is 30.6 Å². The molecule has 1 aromatic rings. The Kier molecular flexibility index (Phi) is 3.17. The summed E-state index contributed by atoms with van der Waals surface area (Å²) in [6, 6.07) is 0. The van der Waals surface area contributed by atoms with Crippen LogP contribution in [0.25, 0.3) is 5.57 Å². The molecule has 1 heterocycles. The molecule has 1 aromatic heterocycles. The summed E-state index contributed by atoms with van der Waals surface area (Å²) < 4.78 is 2.78. The summed E-state index contributed by atoms with van der Waals surface area (Å²) in [6.45, 7) is 11.8. The molecule has 3 rings (SSSR count). The molecule has 0 unspecified atom stereocenters. The van der Waals surface area contributed by atoms with Crippen LogP contribution in [0.15, 0.2) is 8.96 Å². The van der Waals surface area contributed by atoms with Crippen molar-refractivity contribution in [1.29, 1.82) is 0 Å². The fraction of sp³-hybridized carbons (Fsp3) is 0.625. The Labute approximate surface area is 136 Å². The van der Waals surface area contributed by atoms with E-state index >= 15 is 0 Å². The highest BCUT2D eigenvalue weighted by Crippen LogP contribution is 2.72. The van der Waals surface area contributed by atoms with Gasteiger partial charge in [-0.05, 0) is 64.9 Å². The molecule has 19 heavy (non-hydrogen) atoms. The molecule has 0 N–H and O–H groups in total. The first-order chi connectivity index (χ1) is 8.72. The minimum Gasteiger partial charge on any atom is -0.144 e. The Morgan fingerprint density at radius 3 is 2.16 bits per heavy atom. The van der Waals surface area contributed by atoms with Crippen molar-refractivity contribution >= 4 is 48.8 Å². The van der Waals surface area contributed by atoms with E-state index in [-0.39, 0.29) is 0 Å². The molecule has 0 amide bonds. The lowest BCUT2D eigenvalue weighted by Crippen LogP contribution is -2.29. The molecular weight excluding hydrogens is 384 g/mol. The average molecular weight is 404 g/mol. The van der Waals surface area contributed by atoms with Crippen molar-refractivity contribution in [1.82, 2.24) is 0 Å². The van der Waals surface area contributed by atoms with Gasteiger partial charge in [-0.25, -0.2) is 0 Å². The summed E-state index contributed by atoms with van der Waals surface area (Å²) in [6.07, 6.45) is 2.64. The normalized spacial score (nSPS) is 32.5. The molecular formula is C16H20Br2S. The van der Waals surface area contributed by atoms with Crippen LogP contribution in [-0.2, 0) is 0 Å². The number of hydrogen-bond acceptors (Lipinski definition) is 1. The Morgan fingerprint density at radius 1 is 1.11 bits per heavy atom. The molecule has 1 fully saturated rings. The van der Waals surface area contributed by atoms with Gasteiger partial charge < -0.3 is 0 Å². The second-order valence-electron chi connectivity index (χ2n) is 6.77. The highest BCUT2D eigenvalue weighted by Gasteiger charge is 2.60. The third-order valence-electron chi connectivity index (χ3n) is 5.76. The predicted molar refractivity (Wildman–Crippen MR) is 92.0 cm³/mol. The van der Waals surface area contributed by atoms with Gasteiger partial charge in [0.2, 0.25) is 0 Å². The van der Waals surface area contributed by atoms with Crippen LogP contribution in [0.2, 0.25) is 0 Å². The van der Waals surface area contributed by atoms with Crippen LogP contribution >= 0.6 is 43.2 Å². The van der Waals surface area contributed by atoms with Crippen molar-refractivity contribution in [3.63, 3.8) is 0 Å². The Bertz CT molecular complexity index is 594. The van der Waals surface area contributed by atoms with Gasteiger partial charge in [-0.15, -0.1) is 11.3 Å². The molecule has 1 saturated carbocycles. The molecule has 2 bridgehead atoms. The zero-order valence-corrected chi connectivity index (χ0v) is 16.1. The Morgan fingerprint density at radius 2 is 1.74 bits per heavy atom. The van der Waals surface area contributed by atoms with Crippen molar-refractivity contribution in [2.75, 3.05) is 0 Å². The van der Waals surface area contributed by atoms with Crippen LogP contribution in [0.5, 0.6) is 0 Å². The van der Waals surface area contributed by atoms with E-state index in [0.717, 1.165) is 0 Å². The average Bonchev–Trinajstić information content (AvgIpc) is 2.73. The number of hydrogen-bond donors (Lipinski definition) is 0. The van der Waals surface area contributed by atoms with Gasteiger partial charge in [0.15, 0.2) is 0 Å². The number of fused-ring (bicyclic) bond motifs is 2. The molecule has 0 nitrogen and oxygen atoms in total. The smallest absolute Gasteiger partial charge is 0.0390 e. The third-order valence-corrected chi connectivity index (χ3v) is 8.98. The molecule has 104 valence electrons. The van der Waals surface area contributed by atoms with E-state index in [4.69, 9.17) is 0 Å². The second-order valence-corrected chi connectivity index (χ2v) is 9.85. The molecule has 2 aliphatic carbocycles. The second kappa shape index (κ2) is 4.20. The summed E-state index contributed by atoms with van der Waals surface area (Å²) in [5, 5.41) is 0. The van der Waals surface area contributed by atoms with E-state index in [0.29, 0.717) is 16.7 Å². The van der Waals surface area contributed by atoms with Crippen LogP contribution in [0.3, 0.4) is 0 Å². The maximum Gasteiger partial charge on any atom is 0.0390 e. The fourth-order valence-electron chi connectivity index (χ4n) is 4.17. The largest absolute Gasteiger partial charge is 0.144 e. The van der Waals surface area contributed by atoms with E-state index in [1.54, 1.807) is 5.57 Å².